The summed E-state index contributed by atoms with van der Waals surface area (Å²) in [6, 6.07) is 15.3. The van der Waals surface area contributed by atoms with E-state index in [4.69, 9.17) is 9.94 Å². The van der Waals surface area contributed by atoms with Gasteiger partial charge in [-0.1, -0.05) is 18.2 Å². The molecule has 1 unspecified atom stereocenters. The Morgan fingerprint density at radius 3 is 2.37 bits per heavy atom. The molecule has 0 aliphatic heterocycles. The van der Waals surface area contributed by atoms with E-state index in [0.717, 1.165) is 4.31 Å². The minimum absolute atomic E-state index is 0.00618. The summed E-state index contributed by atoms with van der Waals surface area (Å²) in [5, 5.41) is 8.94. The SMILES string of the molecule is CN(C(CCCn1ccc(=O)[nH]c1=O)CC(=O)NO)S(=O)(=O)c1ccc(Oc2ccccc2)cc1. The maximum absolute atomic E-state index is 13.2. The molecule has 1 aromatic heterocycles. The van der Waals surface area contributed by atoms with E-state index in [1.54, 1.807) is 12.1 Å². The van der Waals surface area contributed by atoms with Crippen LogP contribution in [0.1, 0.15) is 19.3 Å². The molecule has 1 amide bonds. The van der Waals surface area contributed by atoms with Crippen molar-refractivity contribution >= 4 is 15.9 Å². The van der Waals surface area contributed by atoms with Crippen LogP contribution in [-0.4, -0.2) is 46.5 Å². The van der Waals surface area contributed by atoms with Gasteiger partial charge < -0.3 is 9.30 Å². The van der Waals surface area contributed by atoms with Crippen LogP contribution in [0.4, 0.5) is 0 Å². The van der Waals surface area contributed by atoms with Crippen molar-refractivity contribution in [2.24, 2.45) is 0 Å². The van der Waals surface area contributed by atoms with Gasteiger partial charge in [-0.25, -0.2) is 18.7 Å². The zero-order chi connectivity index (χ0) is 25.4. The first kappa shape index (κ1) is 25.9. The van der Waals surface area contributed by atoms with Crippen LogP contribution in [0.25, 0.3) is 0 Å². The first-order valence-corrected chi connectivity index (χ1v) is 12.2. The largest absolute Gasteiger partial charge is 0.457 e. The van der Waals surface area contributed by atoms with Gasteiger partial charge >= 0.3 is 5.69 Å². The van der Waals surface area contributed by atoms with Gasteiger partial charge in [-0.2, -0.15) is 4.31 Å². The molecule has 1 atom stereocenters. The Hall–Kier alpha value is -3.74. The maximum atomic E-state index is 13.2. The smallest absolute Gasteiger partial charge is 0.328 e. The zero-order valence-corrected chi connectivity index (χ0v) is 19.8. The van der Waals surface area contributed by atoms with Crippen molar-refractivity contribution < 1.29 is 23.2 Å². The van der Waals surface area contributed by atoms with Crippen molar-refractivity contribution in [1.29, 1.82) is 0 Å². The number of carbonyl (C=O) groups excluding carboxylic acids is 1. The molecule has 35 heavy (non-hydrogen) atoms. The predicted octanol–water partition coefficient (Wildman–Crippen LogP) is 1.69. The number of aromatic nitrogens is 2. The molecule has 0 radical (unpaired) electrons. The number of rotatable bonds is 11. The summed E-state index contributed by atoms with van der Waals surface area (Å²) in [5.74, 6) is 0.321. The van der Waals surface area contributed by atoms with Crippen LogP contribution in [0.3, 0.4) is 0 Å². The number of para-hydroxylation sites is 1. The van der Waals surface area contributed by atoms with Gasteiger partial charge in [0.15, 0.2) is 0 Å². The van der Waals surface area contributed by atoms with Crippen LogP contribution in [0.2, 0.25) is 0 Å². The number of ether oxygens (including phenoxy) is 1. The Balaban J connectivity index is 1.73. The number of hydroxylamine groups is 1. The van der Waals surface area contributed by atoms with E-state index < -0.39 is 33.2 Å². The fraction of sp³-hybridized carbons (Fsp3) is 0.261. The van der Waals surface area contributed by atoms with E-state index >= 15 is 0 Å². The highest BCUT2D eigenvalue weighted by molar-refractivity contribution is 7.89. The third kappa shape index (κ3) is 6.88. The summed E-state index contributed by atoms with van der Waals surface area (Å²) in [7, 11) is -2.64. The molecule has 3 rings (SSSR count). The number of benzene rings is 2. The summed E-state index contributed by atoms with van der Waals surface area (Å²) in [6.45, 7) is 0.201. The third-order valence-electron chi connectivity index (χ3n) is 5.37. The number of sulfonamides is 1. The van der Waals surface area contributed by atoms with E-state index in [0.29, 0.717) is 17.9 Å². The molecule has 1 heterocycles. The molecule has 2 aromatic carbocycles. The lowest BCUT2D eigenvalue weighted by Gasteiger charge is -2.27. The highest BCUT2D eigenvalue weighted by Gasteiger charge is 2.29. The highest BCUT2D eigenvalue weighted by atomic mass is 32.2. The van der Waals surface area contributed by atoms with Crippen molar-refractivity contribution in [2.75, 3.05) is 7.05 Å². The second kappa shape index (κ2) is 11.6. The molecule has 0 bridgehead atoms. The zero-order valence-electron chi connectivity index (χ0n) is 19.0. The Morgan fingerprint density at radius 2 is 1.74 bits per heavy atom. The summed E-state index contributed by atoms with van der Waals surface area (Å²) >= 11 is 0. The van der Waals surface area contributed by atoms with Crippen molar-refractivity contribution in [2.45, 2.75) is 36.7 Å². The quantitative estimate of drug-likeness (QED) is 0.267. The number of aromatic amines is 1. The highest BCUT2D eigenvalue weighted by Crippen LogP contribution is 2.25. The molecule has 11 nitrogen and oxygen atoms in total. The number of nitrogens with one attached hydrogen (secondary N) is 2. The molecule has 0 aliphatic rings. The minimum Gasteiger partial charge on any atom is -0.457 e. The van der Waals surface area contributed by atoms with E-state index in [1.165, 1.54) is 53.6 Å². The van der Waals surface area contributed by atoms with Crippen molar-refractivity contribution in [3.63, 3.8) is 0 Å². The number of carbonyl (C=O) groups is 1. The fourth-order valence-corrected chi connectivity index (χ4v) is 4.84. The molecule has 186 valence electrons. The summed E-state index contributed by atoms with van der Waals surface area (Å²) < 4.78 is 34.5. The topological polar surface area (TPSA) is 151 Å². The van der Waals surface area contributed by atoms with E-state index in [9.17, 15) is 22.8 Å². The number of amides is 1. The summed E-state index contributed by atoms with van der Waals surface area (Å²) in [6.07, 6.45) is 1.60. The van der Waals surface area contributed by atoms with Crippen molar-refractivity contribution in [3.8, 4) is 11.5 Å². The first-order chi connectivity index (χ1) is 16.7. The maximum Gasteiger partial charge on any atom is 0.328 e. The Morgan fingerprint density at radius 1 is 1.09 bits per heavy atom. The molecule has 0 fully saturated rings. The Kier molecular flexibility index (Phi) is 8.58. The van der Waals surface area contributed by atoms with E-state index in [1.807, 2.05) is 18.2 Å². The van der Waals surface area contributed by atoms with E-state index in [-0.39, 0.29) is 24.3 Å². The normalized spacial score (nSPS) is 12.3. The lowest BCUT2D eigenvalue weighted by Crippen LogP contribution is -2.40. The molecule has 0 spiro atoms. The van der Waals surface area contributed by atoms with Crippen LogP contribution in [-0.2, 0) is 21.4 Å². The van der Waals surface area contributed by atoms with Crippen LogP contribution >= 0.6 is 0 Å². The number of nitrogens with zero attached hydrogens (tertiary/aromatic N) is 2. The summed E-state index contributed by atoms with van der Waals surface area (Å²) in [5.41, 5.74) is 0.423. The monoisotopic (exact) mass is 502 g/mol. The van der Waals surface area contributed by atoms with Crippen LogP contribution in [0.5, 0.6) is 11.5 Å². The molecule has 3 aromatic rings. The predicted molar refractivity (Wildman–Crippen MR) is 127 cm³/mol. The molecule has 0 saturated carbocycles. The van der Waals surface area contributed by atoms with Crippen LogP contribution < -0.4 is 21.5 Å². The minimum atomic E-state index is -3.99. The van der Waals surface area contributed by atoms with Gasteiger partial charge in [0.1, 0.15) is 11.5 Å². The van der Waals surface area contributed by atoms with Gasteiger partial charge in [-0.3, -0.25) is 19.8 Å². The van der Waals surface area contributed by atoms with Gasteiger partial charge in [0, 0.05) is 38.3 Å². The van der Waals surface area contributed by atoms with Gasteiger partial charge in [0.25, 0.3) is 5.56 Å². The van der Waals surface area contributed by atoms with Crippen LogP contribution in [0, 0.1) is 0 Å². The molecular weight excluding hydrogens is 476 g/mol. The molecule has 12 heteroatoms. The van der Waals surface area contributed by atoms with Gasteiger partial charge in [-0.05, 0) is 49.2 Å². The number of aryl methyl sites for hydroxylation is 1. The molecule has 3 N–H and O–H groups in total. The average Bonchev–Trinajstić information content (AvgIpc) is 2.85. The van der Waals surface area contributed by atoms with Crippen molar-refractivity contribution in [1.82, 2.24) is 19.3 Å². The average molecular weight is 503 g/mol. The lowest BCUT2D eigenvalue weighted by molar-refractivity contribution is -0.130. The number of hydrogen-bond acceptors (Lipinski definition) is 7. The second-order valence-corrected chi connectivity index (χ2v) is 9.74. The van der Waals surface area contributed by atoms with Crippen molar-refractivity contribution in [3.05, 3.63) is 87.7 Å². The number of hydrogen-bond donors (Lipinski definition) is 3. The number of H-pyrrole nitrogens is 1. The van der Waals surface area contributed by atoms with Gasteiger partial charge in [-0.15, -0.1) is 0 Å². The van der Waals surface area contributed by atoms with Crippen LogP contribution in [0.15, 0.2) is 81.3 Å². The fourth-order valence-electron chi connectivity index (χ4n) is 3.46. The first-order valence-electron chi connectivity index (χ1n) is 10.7. The Bertz CT molecular complexity index is 1350. The molecule has 0 saturated heterocycles. The molecule has 0 aliphatic carbocycles. The second-order valence-electron chi connectivity index (χ2n) is 7.75. The standard InChI is InChI=1S/C23H26N4O7S/c1-26(17(16-22(29)25-31)6-5-14-27-15-13-21(28)24-23(27)30)35(32,33)20-11-9-19(10-12-20)34-18-7-3-2-4-8-18/h2-4,7-13,15,17,31H,5-6,14,16H2,1H3,(H,25,29)(H,24,28,30). The van der Waals surface area contributed by atoms with Gasteiger partial charge in [0.05, 0.1) is 4.90 Å². The Labute approximate surface area is 201 Å². The lowest BCUT2D eigenvalue weighted by atomic mass is 10.1. The van der Waals surface area contributed by atoms with E-state index in [2.05, 4.69) is 4.98 Å². The summed E-state index contributed by atoms with van der Waals surface area (Å²) in [4.78, 5) is 37.1. The van der Waals surface area contributed by atoms with Gasteiger partial charge in [0.2, 0.25) is 15.9 Å². The third-order valence-corrected chi connectivity index (χ3v) is 7.30. The molecular formula is C23H26N4O7S.